The molecule has 32 heavy (non-hydrogen) atoms. The van der Waals surface area contributed by atoms with Crippen molar-refractivity contribution in [3.8, 4) is 0 Å². The first kappa shape index (κ1) is 22.9. The van der Waals surface area contributed by atoms with Crippen molar-refractivity contribution in [1.82, 2.24) is 19.7 Å². The highest BCUT2D eigenvalue weighted by Gasteiger charge is 2.29. The van der Waals surface area contributed by atoms with Crippen molar-refractivity contribution >= 4 is 49.7 Å². The number of aryl methyl sites for hydroxylation is 1. The topological polar surface area (TPSA) is 98.1 Å². The van der Waals surface area contributed by atoms with E-state index in [0.29, 0.717) is 23.7 Å². The van der Waals surface area contributed by atoms with Crippen molar-refractivity contribution in [2.45, 2.75) is 37.6 Å². The van der Waals surface area contributed by atoms with Crippen LogP contribution >= 0.6 is 23.1 Å². The number of anilines is 2. The number of hydrogen-bond acceptors (Lipinski definition) is 8. The molecule has 1 unspecified atom stereocenters. The van der Waals surface area contributed by atoms with Gasteiger partial charge in [-0.3, -0.25) is 9.69 Å². The maximum Gasteiger partial charge on any atom is 0.230 e. The van der Waals surface area contributed by atoms with E-state index in [2.05, 4.69) is 15.2 Å². The second-order valence-corrected chi connectivity index (χ2v) is 12.0. The highest BCUT2D eigenvalue weighted by atomic mass is 32.2. The summed E-state index contributed by atoms with van der Waals surface area (Å²) in [5.74, 6) is 1.92. The van der Waals surface area contributed by atoms with Gasteiger partial charge in [0.25, 0.3) is 0 Å². The fourth-order valence-electron chi connectivity index (χ4n) is 3.74. The Bertz CT molecular complexity index is 1240. The first-order valence-corrected chi connectivity index (χ1v) is 13.9. The van der Waals surface area contributed by atoms with E-state index in [9.17, 15) is 13.2 Å². The summed E-state index contributed by atoms with van der Waals surface area (Å²) in [6.07, 6.45) is 1.31. The van der Waals surface area contributed by atoms with Gasteiger partial charge in [-0.1, -0.05) is 23.9 Å². The molecule has 2 aromatic heterocycles. The zero-order valence-electron chi connectivity index (χ0n) is 18.2. The van der Waals surface area contributed by atoms with Gasteiger partial charge < -0.3 is 4.57 Å². The molecule has 0 N–H and O–H groups in total. The first-order chi connectivity index (χ1) is 15.2. The summed E-state index contributed by atoms with van der Waals surface area (Å²) in [6, 6.07) is 7.79. The molecule has 0 aliphatic carbocycles. The van der Waals surface area contributed by atoms with Crippen LogP contribution in [0.15, 0.2) is 34.8 Å². The first-order valence-electron chi connectivity index (χ1n) is 10.2. The van der Waals surface area contributed by atoms with E-state index in [4.69, 9.17) is 0 Å². The molecule has 1 aliphatic rings. The van der Waals surface area contributed by atoms with Crippen molar-refractivity contribution in [3.05, 3.63) is 46.7 Å². The lowest BCUT2D eigenvalue weighted by Crippen LogP contribution is -2.22. The molecule has 1 aliphatic heterocycles. The summed E-state index contributed by atoms with van der Waals surface area (Å²) in [5.41, 5.74) is 2.74. The second kappa shape index (κ2) is 9.32. The molecule has 4 rings (SSSR count). The quantitative estimate of drug-likeness (QED) is 0.466. The third-order valence-corrected chi connectivity index (χ3v) is 9.14. The Morgan fingerprint density at radius 2 is 2.16 bits per heavy atom. The Labute approximate surface area is 196 Å². The highest BCUT2D eigenvalue weighted by Crippen LogP contribution is 2.31. The Hall–Kier alpha value is -2.24. The van der Waals surface area contributed by atoms with Crippen LogP contribution in [0.1, 0.15) is 30.4 Å². The third-order valence-electron chi connectivity index (χ3n) is 5.38. The van der Waals surface area contributed by atoms with Crippen molar-refractivity contribution in [1.29, 1.82) is 0 Å². The van der Waals surface area contributed by atoms with Crippen LogP contribution in [0.25, 0.3) is 0 Å². The molecule has 1 atom stereocenters. The van der Waals surface area contributed by atoms with Crippen LogP contribution in [0.2, 0.25) is 0 Å². The Kier molecular flexibility index (Phi) is 6.68. The average molecular weight is 492 g/mol. The molecule has 170 valence electrons. The van der Waals surface area contributed by atoms with Gasteiger partial charge in [0.15, 0.2) is 20.1 Å². The Morgan fingerprint density at radius 1 is 1.34 bits per heavy atom. The number of thioether (sulfide) groups is 1. The molecular weight excluding hydrogens is 466 g/mol. The third kappa shape index (κ3) is 5.21. The van der Waals surface area contributed by atoms with Gasteiger partial charge in [0.2, 0.25) is 5.91 Å². The van der Waals surface area contributed by atoms with Gasteiger partial charge in [0.1, 0.15) is 5.82 Å². The summed E-state index contributed by atoms with van der Waals surface area (Å²) < 4.78 is 25.3. The summed E-state index contributed by atoms with van der Waals surface area (Å²) in [4.78, 5) is 18.6. The van der Waals surface area contributed by atoms with Gasteiger partial charge in [-0.25, -0.2) is 13.4 Å². The number of benzene rings is 1. The molecular formula is C21H25N5O3S3. The molecule has 11 heteroatoms. The largest absolute Gasteiger partial charge is 0.309 e. The van der Waals surface area contributed by atoms with Crippen LogP contribution < -0.4 is 4.90 Å². The second-order valence-electron chi connectivity index (χ2n) is 8.03. The molecule has 0 radical (unpaired) electrons. The predicted molar refractivity (Wildman–Crippen MR) is 127 cm³/mol. The number of sulfone groups is 1. The van der Waals surface area contributed by atoms with E-state index in [1.807, 2.05) is 48.2 Å². The summed E-state index contributed by atoms with van der Waals surface area (Å²) >= 11 is 2.96. The lowest BCUT2D eigenvalue weighted by molar-refractivity contribution is -0.115. The van der Waals surface area contributed by atoms with Crippen LogP contribution in [-0.2, 0) is 33.9 Å². The van der Waals surface area contributed by atoms with Crippen LogP contribution in [0, 0.1) is 12.8 Å². The standard InChI is InChI=1S/C21H25N5O3S3/c1-14-5-4-6-18(9-14)26(15(2)27)20-22-17(11-30-20)12-31-21-24-23-19(25(21)3)10-16-7-8-32(28,29)13-16/h4-6,9,11,16H,7-8,10,12-13H2,1-3H3. The number of nitrogens with zero attached hydrogens (tertiary/aromatic N) is 5. The van der Waals surface area contributed by atoms with E-state index in [0.717, 1.165) is 27.9 Å². The maximum absolute atomic E-state index is 12.3. The minimum atomic E-state index is -2.90. The van der Waals surface area contributed by atoms with Crippen molar-refractivity contribution in [2.24, 2.45) is 13.0 Å². The van der Waals surface area contributed by atoms with Crippen LogP contribution in [0.3, 0.4) is 0 Å². The SMILES string of the molecule is CC(=O)N(c1cccc(C)c1)c1nc(CSc2nnc(CC3CCS(=O)(=O)C3)n2C)cs1. The number of amides is 1. The number of rotatable bonds is 7. The predicted octanol–water partition coefficient (Wildman–Crippen LogP) is 3.53. The fraction of sp³-hybridized carbons (Fsp3) is 0.429. The lowest BCUT2D eigenvalue weighted by atomic mass is 10.1. The van der Waals surface area contributed by atoms with Gasteiger partial charge in [0.05, 0.1) is 22.9 Å². The molecule has 3 aromatic rings. The zero-order chi connectivity index (χ0) is 22.9. The van der Waals surface area contributed by atoms with Crippen molar-refractivity contribution < 1.29 is 13.2 Å². The van der Waals surface area contributed by atoms with Gasteiger partial charge >= 0.3 is 0 Å². The van der Waals surface area contributed by atoms with Crippen LogP contribution in [0.4, 0.5) is 10.8 Å². The molecule has 1 fully saturated rings. The monoisotopic (exact) mass is 491 g/mol. The smallest absolute Gasteiger partial charge is 0.230 e. The molecule has 3 heterocycles. The minimum absolute atomic E-state index is 0.0870. The van der Waals surface area contributed by atoms with E-state index in [1.54, 1.807) is 4.90 Å². The maximum atomic E-state index is 12.3. The van der Waals surface area contributed by atoms with E-state index >= 15 is 0 Å². The van der Waals surface area contributed by atoms with Gasteiger partial charge in [0, 0.05) is 31.5 Å². The average Bonchev–Trinajstić information content (AvgIpc) is 3.41. The van der Waals surface area contributed by atoms with Gasteiger partial charge in [-0.2, -0.15) is 0 Å². The van der Waals surface area contributed by atoms with Gasteiger partial charge in [-0.05, 0) is 37.0 Å². The molecule has 8 nitrogen and oxygen atoms in total. The number of thiazole rings is 1. The zero-order valence-corrected chi connectivity index (χ0v) is 20.6. The van der Waals surface area contributed by atoms with Gasteiger partial charge in [-0.15, -0.1) is 21.5 Å². The highest BCUT2D eigenvalue weighted by molar-refractivity contribution is 7.98. The molecule has 1 aromatic carbocycles. The molecule has 1 saturated heterocycles. The molecule has 0 spiro atoms. The van der Waals surface area contributed by atoms with Crippen molar-refractivity contribution in [3.63, 3.8) is 0 Å². The molecule has 0 saturated carbocycles. The number of carbonyl (C=O) groups is 1. The van der Waals surface area contributed by atoms with Crippen molar-refractivity contribution in [2.75, 3.05) is 16.4 Å². The normalized spacial score (nSPS) is 17.5. The van der Waals surface area contributed by atoms with E-state index in [-0.39, 0.29) is 23.3 Å². The van der Waals surface area contributed by atoms with Crippen LogP contribution in [-0.4, -0.2) is 45.6 Å². The summed E-state index contributed by atoms with van der Waals surface area (Å²) in [6.45, 7) is 3.53. The number of hydrogen-bond donors (Lipinski definition) is 0. The molecule has 1 amide bonds. The Balaban J connectivity index is 1.42. The van der Waals surface area contributed by atoms with Crippen LogP contribution in [0.5, 0.6) is 0 Å². The van der Waals surface area contributed by atoms with E-state index in [1.165, 1.54) is 30.0 Å². The Morgan fingerprint density at radius 3 is 2.84 bits per heavy atom. The summed E-state index contributed by atoms with van der Waals surface area (Å²) in [7, 11) is -0.994. The number of aromatic nitrogens is 4. The summed E-state index contributed by atoms with van der Waals surface area (Å²) in [5, 5.41) is 11.9. The lowest BCUT2D eigenvalue weighted by Gasteiger charge is -2.18. The fourth-order valence-corrected chi connectivity index (χ4v) is 7.41. The number of carbonyl (C=O) groups excluding carboxylic acids is 1. The van der Waals surface area contributed by atoms with E-state index < -0.39 is 9.84 Å². The minimum Gasteiger partial charge on any atom is -0.309 e. The molecule has 0 bridgehead atoms.